The summed E-state index contributed by atoms with van der Waals surface area (Å²) in [6.45, 7) is 5.99. The summed E-state index contributed by atoms with van der Waals surface area (Å²) in [6, 6.07) is 13.3. The maximum atomic E-state index is 12.8. The highest BCUT2D eigenvalue weighted by molar-refractivity contribution is 6.01. The molecule has 23 heavy (non-hydrogen) atoms. The molecule has 3 N–H and O–H groups in total. The minimum absolute atomic E-state index is 0.123. The van der Waals surface area contributed by atoms with E-state index in [9.17, 15) is 15.0 Å². The van der Waals surface area contributed by atoms with Crippen LogP contribution in [0.15, 0.2) is 48.5 Å². The van der Waals surface area contributed by atoms with Crippen molar-refractivity contribution in [2.45, 2.75) is 38.8 Å². The van der Waals surface area contributed by atoms with Gasteiger partial charge in [-0.2, -0.15) is 0 Å². The summed E-state index contributed by atoms with van der Waals surface area (Å²) in [6.07, 6.45) is 0.535. The number of rotatable bonds is 5. The topological polar surface area (TPSA) is 69.6 Å². The molecule has 0 saturated heterocycles. The molecule has 0 aromatic heterocycles. The van der Waals surface area contributed by atoms with E-state index in [1.807, 2.05) is 51.1 Å². The van der Waals surface area contributed by atoms with Crippen LogP contribution in [-0.4, -0.2) is 27.6 Å². The van der Waals surface area contributed by atoms with E-state index in [1.54, 1.807) is 0 Å². The largest absolute Gasteiger partial charge is 0.508 e. The number of carbonyl (C=O) groups excluding carboxylic acids is 1. The molecule has 2 rings (SSSR count). The van der Waals surface area contributed by atoms with Gasteiger partial charge in [0.2, 0.25) is 0 Å². The predicted molar refractivity (Wildman–Crippen MR) is 90.9 cm³/mol. The van der Waals surface area contributed by atoms with Crippen LogP contribution in [0.3, 0.4) is 0 Å². The van der Waals surface area contributed by atoms with Gasteiger partial charge < -0.3 is 15.5 Å². The van der Waals surface area contributed by atoms with Crippen molar-refractivity contribution in [3.05, 3.63) is 59.7 Å². The summed E-state index contributed by atoms with van der Waals surface area (Å²) in [5.74, 6) is -0.403. The molecule has 0 aliphatic rings. The molecule has 0 aliphatic carbocycles. The molecule has 0 saturated carbocycles. The molecule has 1 atom stereocenters. The number of hydrogen-bond acceptors (Lipinski definition) is 4. The van der Waals surface area contributed by atoms with Crippen molar-refractivity contribution in [2.75, 3.05) is 0 Å². The Morgan fingerprint density at radius 1 is 1.04 bits per heavy atom. The zero-order chi connectivity index (χ0) is 17.0. The summed E-state index contributed by atoms with van der Waals surface area (Å²) >= 11 is 0. The lowest BCUT2D eigenvalue weighted by atomic mass is 9.94. The molecule has 4 heteroatoms. The van der Waals surface area contributed by atoms with Crippen LogP contribution in [0.4, 0.5) is 0 Å². The second kappa shape index (κ2) is 6.84. The standard InChI is InChI=1S/C19H23NO3/c1-19(2,3)20-17(9-13-7-5-4-6-8-13)18(23)14-10-15(21)12-16(22)11-14/h4-8,10-12,17,20-22H,9H2,1-3H3. The van der Waals surface area contributed by atoms with E-state index < -0.39 is 6.04 Å². The van der Waals surface area contributed by atoms with Crippen molar-refractivity contribution in [1.82, 2.24) is 5.32 Å². The highest BCUT2D eigenvalue weighted by Crippen LogP contribution is 2.22. The van der Waals surface area contributed by atoms with Crippen LogP contribution in [0.25, 0.3) is 0 Å². The van der Waals surface area contributed by atoms with Gasteiger partial charge in [0, 0.05) is 17.2 Å². The van der Waals surface area contributed by atoms with E-state index in [1.165, 1.54) is 18.2 Å². The quantitative estimate of drug-likeness (QED) is 0.741. The smallest absolute Gasteiger partial charge is 0.180 e. The lowest BCUT2D eigenvalue weighted by Gasteiger charge is -2.28. The zero-order valence-corrected chi connectivity index (χ0v) is 13.7. The zero-order valence-electron chi connectivity index (χ0n) is 13.7. The molecule has 122 valence electrons. The van der Waals surface area contributed by atoms with E-state index in [-0.39, 0.29) is 22.8 Å². The van der Waals surface area contributed by atoms with Gasteiger partial charge in [-0.3, -0.25) is 4.79 Å². The van der Waals surface area contributed by atoms with Crippen LogP contribution in [0, 0.1) is 0 Å². The fraction of sp³-hybridized carbons (Fsp3) is 0.316. The predicted octanol–water partition coefficient (Wildman–Crippen LogP) is 3.28. The molecule has 2 aromatic carbocycles. The van der Waals surface area contributed by atoms with E-state index in [0.717, 1.165) is 5.56 Å². The van der Waals surface area contributed by atoms with Crippen LogP contribution in [0.1, 0.15) is 36.7 Å². The Morgan fingerprint density at radius 3 is 2.13 bits per heavy atom. The van der Waals surface area contributed by atoms with Gasteiger partial charge in [-0.15, -0.1) is 0 Å². The van der Waals surface area contributed by atoms with Gasteiger partial charge >= 0.3 is 0 Å². The second-order valence-corrected chi connectivity index (χ2v) is 6.74. The third kappa shape index (κ3) is 5.11. The Hall–Kier alpha value is -2.33. The Kier molecular flexibility index (Phi) is 5.06. The lowest BCUT2D eigenvalue weighted by Crippen LogP contribution is -2.48. The van der Waals surface area contributed by atoms with Crippen molar-refractivity contribution < 1.29 is 15.0 Å². The van der Waals surface area contributed by atoms with E-state index in [2.05, 4.69) is 5.32 Å². The molecule has 0 heterocycles. The van der Waals surface area contributed by atoms with Crippen LogP contribution in [0.5, 0.6) is 11.5 Å². The molecular formula is C19H23NO3. The maximum Gasteiger partial charge on any atom is 0.180 e. The first-order valence-corrected chi connectivity index (χ1v) is 7.63. The average molecular weight is 313 g/mol. The molecule has 0 amide bonds. The molecular weight excluding hydrogens is 290 g/mol. The number of phenolic OH excluding ortho intramolecular Hbond substituents is 2. The first-order valence-electron chi connectivity index (χ1n) is 7.63. The number of ketones is 1. The summed E-state index contributed by atoms with van der Waals surface area (Å²) in [5.41, 5.74) is 1.10. The third-order valence-electron chi connectivity index (χ3n) is 3.39. The van der Waals surface area contributed by atoms with Crippen molar-refractivity contribution >= 4 is 5.78 Å². The molecule has 0 spiro atoms. The minimum Gasteiger partial charge on any atom is -0.508 e. The van der Waals surface area contributed by atoms with Crippen molar-refractivity contribution in [3.63, 3.8) is 0 Å². The fourth-order valence-corrected chi connectivity index (χ4v) is 2.52. The molecule has 0 bridgehead atoms. The summed E-state index contributed by atoms with van der Waals surface area (Å²) in [5, 5.41) is 22.6. The van der Waals surface area contributed by atoms with Crippen LogP contribution in [0.2, 0.25) is 0 Å². The minimum atomic E-state index is -0.446. The van der Waals surface area contributed by atoms with Crippen LogP contribution in [-0.2, 0) is 6.42 Å². The summed E-state index contributed by atoms with van der Waals surface area (Å²) in [4.78, 5) is 12.8. The van der Waals surface area contributed by atoms with Gasteiger partial charge in [-0.05, 0) is 44.9 Å². The average Bonchev–Trinajstić information content (AvgIpc) is 2.44. The second-order valence-electron chi connectivity index (χ2n) is 6.74. The maximum absolute atomic E-state index is 12.8. The van der Waals surface area contributed by atoms with Gasteiger partial charge in [0.15, 0.2) is 5.78 Å². The number of nitrogens with one attached hydrogen (secondary N) is 1. The van der Waals surface area contributed by atoms with Gasteiger partial charge in [-0.25, -0.2) is 0 Å². The lowest BCUT2D eigenvalue weighted by molar-refractivity contribution is 0.0924. The number of aromatic hydroxyl groups is 2. The Bertz CT molecular complexity index is 655. The van der Waals surface area contributed by atoms with Crippen molar-refractivity contribution in [2.24, 2.45) is 0 Å². The number of Topliss-reactive ketones (excluding diaryl/α,β-unsaturated/α-hetero) is 1. The van der Waals surface area contributed by atoms with Gasteiger partial charge in [0.25, 0.3) is 0 Å². The molecule has 2 aromatic rings. The van der Waals surface area contributed by atoms with E-state index >= 15 is 0 Å². The van der Waals surface area contributed by atoms with E-state index in [4.69, 9.17) is 0 Å². The van der Waals surface area contributed by atoms with E-state index in [0.29, 0.717) is 12.0 Å². The van der Waals surface area contributed by atoms with Crippen LogP contribution < -0.4 is 5.32 Å². The van der Waals surface area contributed by atoms with Crippen molar-refractivity contribution in [1.29, 1.82) is 0 Å². The third-order valence-corrected chi connectivity index (χ3v) is 3.39. The van der Waals surface area contributed by atoms with Crippen molar-refractivity contribution in [3.8, 4) is 11.5 Å². The number of benzene rings is 2. The van der Waals surface area contributed by atoms with Crippen LogP contribution >= 0.6 is 0 Å². The first-order chi connectivity index (χ1) is 10.7. The normalized spacial score (nSPS) is 12.8. The number of hydrogen-bond donors (Lipinski definition) is 3. The fourth-order valence-electron chi connectivity index (χ4n) is 2.52. The number of phenols is 2. The molecule has 0 radical (unpaired) electrons. The SMILES string of the molecule is CC(C)(C)NC(Cc1ccccc1)C(=O)c1cc(O)cc(O)c1. The molecule has 0 aliphatic heterocycles. The van der Waals surface area contributed by atoms with Gasteiger partial charge in [-0.1, -0.05) is 30.3 Å². The molecule has 1 unspecified atom stereocenters. The molecule has 4 nitrogen and oxygen atoms in total. The Morgan fingerprint density at radius 2 is 1.61 bits per heavy atom. The number of carbonyl (C=O) groups is 1. The summed E-state index contributed by atoms with van der Waals surface area (Å²) < 4.78 is 0. The first kappa shape index (κ1) is 17.0. The Balaban J connectivity index is 2.30. The Labute approximate surface area is 136 Å². The van der Waals surface area contributed by atoms with Gasteiger partial charge in [0.1, 0.15) is 11.5 Å². The monoisotopic (exact) mass is 313 g/mol. The highest BCUT2D eigenvalue weighted by atomic mass is 16.3. The van der Waals surface area contributed by atoms with Gasteiger partial charge in [0.05, 0.1) is 6.04 Å². The highest BCUT2D eigenvalue weighted by Gasteiger charge is 2.25. The summed E-state index contributed by atoms with van der Waals surface area (Å²) in [7, 11) is 0. The molecule has 0 fully saturated rings.